The van der Waals surface area contributed by atoms with Crippen molar-refractivity contribution in [2.45, 2.75) is 38.1 Å². The Hall–Kier alpha value is -2.72. The molecule has 0 radical (unpaired) electrons. The van der Waals surface area contributed by atoms with Crippen LogP contribution in [0.25, 0.3) is 0 Å². The molecule has 3 aromatic rings. The third-order valence-corrected chi connectivity index (χ3v) is 10.8. The minimum Gasteiger partial charge on any atom is -0.377 e. The maximum absolute atomic E-state index is 14.8. The van der Waals surface area contributed by atoms with Gasteiger partial charge in [-0.2, -0.15) is 13.2 Å². The van der Waals surface area contributed by atoms with Crippen molar-refractivity contribution in [2.75, 3.05) is 19.0 Å². The lowest BCUT2D eigenvalue weighted by molar-refractivity contribution is -0.0450. The molecule has 0 saturated carbocycles. The summed E-state index contributed by atoms with van der Waals surface area (Å²) >= 11 is 5.99. The van der Waals surface area contributed by atoms with E-state index < -0.39 is 66.6 Å². The highest BCUT2D eigenvalue weighted by atomic mass is 35.5. The summed E-state index contributed by atoms with van der Waals surface area (Å²) in [5, 5.41) is -0.142. The van der Waals surface area contributed by atoms with E-state index in [9.17, 15) is 42.8 Å². The Bertz CT molecular complexity index is 1730. The van der Waals surface area contributed by atoms with Crippen molar-refractivity contribution in [3.05, 3.63) is 77.1 Å². The second kappa shape index (κ2) is 10.7. The molecule has 0 bridgehead atoms. The van der Waals surface area contributed by atoms with E-state index in [1.165, 1.54) is 35.9 Å². The fourth-order valence-corrected chi connectivity index (χ4v) is 8.20. The van der Waals surface area contributed by atoms with E-state index in [2.05, 4.69) is 0 Å². The summed E-state index contributed by atoms with van der Waals surface area (Å²) in [7, 11) is -12.2. The van der Waals surface area contributed by atoms with Gasteiger partial charge in [0.05, 0.1) is 20.4 Å². The predicted molar refractivity (Wildman–Crippen MR) is 136 cm³/mol. The molecule has 0 aromatic heterocycles. The number of halogens is 5. The van der Waals surface area contributed by atoms with E-state index >= 15 is 0 Å². The van der Waals surface area contributed by atoms with Crippen LogP contribution in [0, 0.1) is 5.82 Å². The molecule has 3 aromatic carbocycles. The van der Waals surface area contributed by atoms with Gasteiger partial charge in [-0.15, -0.1) is 0 Å². The lowest BCUT2D eigenvalue weighted by Crippen LogP contribution is -2.37. The molecule has 0 unspecified atom stereocenters. The predicted octanol–water partition coefficient (Wildman–Crippen LogP) is 4.71. The Morgan fingerprint density at radius 3 is 1.97 bits per heavy atom. The Balaban J connectivity index is 2.12. The normalized spacial score (nSPS) is 13.7. The summed E-state index contributed by atoms with van der Waals surface area (Å²) in [4.78, 5) is -1.41. The number of hydrogen-bond donors (Lipinski definition) is 1. The molecule has 3 rings (SSSR count). The standard InChI is InChI=1S/C23H21ClF4N2O6S3/c1-14(29-39(35,36)23(26,27)28)15-7-10-17(11-8-15)37(31,32)20-12-9-16(24)13-21(20)38(33,34)22-18(25)5-4-6-19(22)30(2)3/h4-14,29H,1-3H3/t14-/m0/s1. The molecule has 0 aliphatic heterocycles. The van der Waals surface area contributed by atoms with Gasteiger partial charge in [0.25, 0.3) is 0 Å². The van der Waals surface area contributed by atoms with Crippen LogP contribution in [-0.4, -0.2) is 44.9 Å². The van der Waals surface area contributed by atoms with E-state index in [1.807, 2.05) is 0 Å². The van der Waals surface area contributed by atoms with Crippen molar-refractivity contribution in [1.29, 1.82) is 0 Å². The highest BCUT2D eigenvalue weighted by molar-refractivity contribution is 7.94. The summed E-state index contributed by atoms with van der Waals surface area (Å²) in [6, 6.07) is 9.18. The maximum atomic E-state index is 14.8. The van der Waals surface area contributed by atoms with Crippen LogP contribution in [0.15, 0.2) is 80.2 Å². The second-order valence-electron chi connectivity index (χ2n) is 8.44. The average molecular weight is 629 g/mol. The number of alkyl halides is 3. The average Bonchev–Trinajstić information content (AvgIpc) is 2.82. The fraction of sp³-hybridized carbons (Fsp3) is 0.217. The molecule has 1 N–H and O–H groups in total. The summed E-state index contributed by atoms with van der Waals surface area (Å²) in [5.41, 5.74) is -5.60. The monoisotopic (exact) mass is 628 g/mol. The first-order chi connectivity index (χ1) is 17.8. The summed E-state index contributed by atoms with van der Waals surface area (Å²) in [6.07, 6.45) is 0. The third-order valence-electron chi connectivity index (χ3n) is 5.51. The zero-order valence-corrected chi connectivity index (χ0v) is 23.6. The van der Waals surface area contributed by atoms with Crippen molar-refractivity contribution in [3.8, 4) is 0 Å². The molecule has 0 aliphatic rings. The molecular formula is C23H21ClF4N2O6S3. The van der Waals surface area contributed by atoms with E-state index in [4.69, 9.17) is 11.6 Å². The number of benzene rings is 3. The first-order valence-electron chi connectivity index (χ1n) is 10.7. The number of anilines is 1. The van der Waals surface area contributed by atoms with Crippen LogP contribution in [0.1, 0.15) is 18.5 Å². The smallest absolute Gasteiger partial charge is 0.377 e. The number of sulfone groups is 2. The molecule has 0 heterocycles. The minimum atomic E-state index is -5.67. The zero-order valence-electron chi connectivity index (χ0n) is 20.4. The molecule has 1 atom stereocenters. The number of rotatable bonds is 8. The minimum absolute atomic E-state index is 0.00675. The lowest BCUT2D eigenvalue weighted by Gasteiger charge is -2.19. The summed E-state index contributed by atoms with van der Waals surface area (Å²) in [6.45, 7) is 1.12. The number of nitrogens with zero attached hydrogens (tertiary/aromatic N) is 1. The Labute approximate surface area is 228 Å². The van der Waals surface area contributed by atoms with Crippen molar-refractivity contribution in [2.24, 2.45) is 0 Å². The van der Waals surface area contributed by atoms with E-state index in [1.54, 1.807) is 0 Å². The summed E-state index contributed by atoms with van der Waals surface area (Å²) in [5.74, 6) is -1.12. The molecule has 212 valence electrons. The SMILES string of the molecule is C[C@H](NS(=O)(=O)C(F)(F)F)c1ccc(S(=O)(=O)c2ccc(Cl)cc2S(=O)(=O)c2c(F)cccc2N(C)C)cc1. The van der Waals surface area contributed by atoms with E-state index in [0.29, 0.717) is 0 Å². The highest BCUT2D eigenvalue weighted by Crippen LogP contribution is 2.37. The van der Waals surface area contributed by atoms with Gasteiger partial charge in [0, 0.05) is 25.2 Å². The zero-order chi connectivity index (χ0) is 29.6. The maximum Gasteiger partial charge on any atom is 0.511 e. The third kappa shape index (κ3) is 6.06. The van der Waals surface area contributed by atoms with Crippen LogP contribution in [0.3, 0.4) is 0 Å². The molecule has 0 spiro atoms. The highest BCUT2D eigenvalue weighted by Gasteiger charge is 2.46. The number of sulfonamides is 1. The molecule has 0 amide bonds. The Morgan fingerprint density at radius 2 is 1.44 bits per heavy atom. The van der Waals surface area contributed by atoms with Crippen molar-refractivity contribution >= 4 is 47.0 Å². The van der Waals surface area contributed by atoms with Gasteiger partial charge in [0.1, 0.15) is 10.7 Å². The Kier molecular flexibility index (Phi) is 8.45. The molecular weight excluding hydrogens is 608 g/mol. The van der Waals surface area contributed by atoms with Crippen LogP contribution < -0.4 is 9.62 Å². The molecule has 16 heteroatoms. The van der Waals surface area contributed by atoms with Gasteiger partial charge in [-0.05, 0) is 55.0 Å². The van der Waals surface area contributed by atoms with E-state index in [0.717, 1.165) is 55.5 Å². The molecule has 39 heavy (non-hydrogen) atoms. The number of nitrogens with one attached hydrogen (secondary N) is 1. The fourth-order valence-electron chi connectivity index (χ4n) is 3.57. The second-order valence-corrected chi connectivity index (χ2v) is 14.4. The van der Waals surface area contributed by atoms with Gasteiger partial charge < -0.3 is 4.90 Å². The van der Waals surface area contributed by atoms with Gasteiger partial charge in [-0.1, -0.05) is 29.8 Å². The van der Waals surface area contributed by atoms with Crippen LogP contribution in [0.2, 0.25) is 5.02 Å². The first kappa shape index (κ1) is 30.8. The van der Waals surface area contributed by atoms with Gasteiger partial charge in [0.2, 0.25) is 19.7 Å². The number of hydrogen-bond acceptors (Lipinski definition) is 7. The van der Waals surface area contributed by atoms with Gasteiger partial charge in [0.15, 0.2) is 0 Å². The topological polar surface area (TPSA) is 118 Å². The Morgan fingerprint density at radius 1 is 0.846 bits per heavy atom. The van der Waals surface area contributed by atoms with Crippen LogP contribution in [-0.2, 0) is 29.7 Å². The quantitative estimate of drug-likeness (QED) is 0.359. The first-order valence-corrected chi connectivity index (χ1v) is 15.6. The molecule has 0 fully saturated rings. The van der Waals surface area contributed by atoms with Gasteiger partial charge in [-0.25, -0.2) is 34.4 Å². The molecule has 8 nitrogen and oxygen atoms in total. The largest absolute Gasteiger partial charge is 0.511 e. The van der Waals surface area contributed by atoms with Gasteiger partial charge in [-0.3, -0.25) is 0 Å². The van der Waals surface area contributed by atoms with Crippen molar-refractivity contribution in [3.63, 3.8) is 0 Å². The van der Waals surface area contributed by atoms with Crippen LogP contribution >= 0.6 is 11.6 Å². The van der Waals surface area contributed by atoms with Crippen LogP contribution in [0.5, 0.6) is 0 Å². The van der Waals surface area contributed by atoms with Crippen molar-refractivity contribution in [1.82, 2.24) is 4.72 Å². The van der Waals surface area contributed by atoms with Gasteiger partial charge >= 0.3 is 15.5 Å². The lowest BCUT2D eigenvalue weighted by atomic mass is 10.1. The summed E-state index contributed by atoms with van der Waals surface area (Å²) < 4.78 is 131. The van der Waals surface area contributed by atoms with Crippen LogP contribution in [0.4, 0.5) is 23.2 Å². The molecule has 0 aliphatic carbocycles. The van der Waals surface area contributed by atoms with Crippen molar-refractivity contribution < 1.29 is 42.8 Å². The molecule has 0 saturated heterocycles. The van der Waals surface area contributed by atoms with E-state index in [-0.39, 0.29) is 16.3 Å².